The van der Waals surface area contributed by atoms with Crippen LogP contribution in [0.3, 0.4) is 0 Å². The molecule has 0 bridgehead atoms. The van der Waals surface area contributed by atoms with Gasteiger partial charge >= 0.3 is 0 Å². The summed E-state index contributed by atoms with van der Waals surface area (Å²) in [5, 5.41) is 3.28. The third kappa shape index (κ3) is 2.50. The molecule has 0 fully saturated rings. The maximum atomic E-state index is 12.5. The predicted octanol–water partition coefficient (Wildman–Crippen LogP) is 3.33. The first-order valence-corrected chi connectivity index (χ1v) is 6.76. The van der Waals surface area contributed by atoms with Crippen molar-refractivity contribution in [2.45, 2.75) is 46.5 Å². The molecule has 3 nitrogen and oxygen atoms in total. The largest absolute Gasteiger partial charge is 0.294 e. The van der Waals surface area contributed by atoms with E-state index < -0.39 is 0 Å². The van der Waals surface area contributed by atoms with Gasteiger partial charge in [-0.05, 0) is 25.5 Å². The lowest BCUT2D eigenvalue weighted by molar-refractivity contribution is 0.555. The lowest BCUT2D eigenvalue weighted by atomic mass is 9.89. The Bertz CT molecular complexity index is 624. The summed E-state index contributed by atoms with van der Waals surface area (Å²) >= 11 is 0. The third-order valence-corrected chi connectivity index (χ3v) is 3.38. The smallest absolute Gasteiger partial charge is 0.274 e. The number of nitrogens with zero attached hydrogens (tertiary/aromatic N) is 1. The van der Waals surface area contributed by atoms with Crippen LogP contribution in [0.15, 0.2) is 29.1 Å². The highest BCUT2D eigenvalue weighted by Crippen LogP contribution is 2.23. The highest BCUT2D eigenvalue weighted by Gasteiger charge is 2.23. The van der Waals surface area contributed by atoms with Crippen LogP contribution in [0.1, 0.15) is 44.5 Å². The van der Waals surface area contributed by atoms with E-state index in [1.807, 2.05) is 38.1 Å². The summed E-state index contributed by atoms with van der Waals surface area (Å²) < 4.78 is 1.65. The lowest BCUT2D eigenvalue weighted by Crippen LogP contribution is -2.17. The zero-order valence-electron chi connectivity index (χ0n) is 12.4. The average Bonchev–Trinajstić information content (AvgIpc) is 2.67. The van der Waals surface area contributed by atoms with Crippen molar-refractivity contribution in [1.82, 2.24) is 9.78 Å². The second-order valence-electron chi connectivity index (χ2n) is 6.05. The van der Waals surface area contributed by atoms with Crippen molar-refractivity contribution in [3.8, 4) is 5.69 Å². The molecule has 0 aliphatic carbocycles. The van der Waals surface area contributed by atoms with E-state index in [2.05, 4.69) is 25.9 Å². The molecule has 1 heterocycles. The summed E-state index contributed by atoms with van der Waals surface area (Å²) in [5.74, 6) is 0. The Kier molecular flexibility index (Phi) is 3.40. The van der Waals surface area contributed by atoms with Crippen LogP contribution >= 0.6 is 0 Å². The molecule has 0 unspecified atom stereocenters. The molecule has 0 radical (unpaired) electrons. The first-order chi connectivity index (χ1) is 8.84. The number of hydrogen-bond donors (Lipinski definition) is 1. The summed E-state index contributed by atoms with van der Waals surface area (Å²) in [4.78, 5) is 12.5. The second kappa shape index (κ2) is 4.72. The highest BCUT2D eigenvalue weighted by molar-refractivity contribution is 5.36. The number of aromatic amines is 1. The molecule has 3 heteroatoms. The van der Waals surface area contributed by atoms with E-state index in [9.17, 15) is 4.79 Å². The zero-order chi connectivity index (χ0) is 14.2. The summed E-state index contributed by atoms with van der Waals surface area (Å²) in [5.41, 5.74) is 4.00. The standard InChI is InChI=1S/C16H22N2O/c1-6-13-14(16(3,4)5)17-18(15(13)19)12-9-7-11(2)8-10-12/h7-10,17H,6H2,1-5H3. The highest BCUT2D eigenvalue weighted by atomic mass is 16.1. The van der Waals surface area contributed by atoms with Crippen LogP contribution in [0.5, 0.6) is 0 Å². The van der Waals surface area contributed by atoms with Gasteiger partial charge in [0.05, 0.1) is 5.69 Å². The van der Waals surface area contributed by atoms with E-state index >= 15 is 0 Å². The van der Waals surface area contributed by atoms with Gasteiger partial charge in [0.25, 0.3) is 5.56 Å². The number of aryl methyl sites for hydroxylation is 1. The second-order valence-corrected chi connectivity index (χ2v) is 6.05. The number of benzene rings is 1. The van der Waals surface area contributed by atoms with Crippen molar-refractivity contribution >= 4 is 0 Å². The van der Waals surface area contributed by atoms with E-state index in [0.29, 0.717) is 0 Å². The minimum atomic E-state index is -0.0551. The topological polar surface area (TPSA) is 37.8 Å². The van der Waals surface area contributed by atoms with Crippen molar-refractivity contribution in [3.05, 3.63) is 51.4 Å². The van der Waals surface area contributed by atoms with Crippen LogP contribution in [0.25, 0.3) is 5.69 Å². The molecule has 0 atom stereocenters. The normalized spacial score (nSPS) is 11.8. The molecule has 1 N–H and O–H groups in total. The molecule has 102 valence electrons. The summed E-state index contributed by atoms with van der Waals surface area (Å²) in [7, 11) is 0. The summed E-state index contributed by atoms with van der Waals surface area (Å²) in [6.45, 7) is 10.4. The minimum Gasteiger partial charge on any atom is -0.294 e. The Morgan fingerprint density at radius 2 is 1.74 bits per heavy atom. The quantitative estimate of drug-likeness (QED) is 0.881. The van der Waals surface area contributed by atoms with E-state index in [1.165, 1.54) is 5.56 Å². The van der Waals surface area contributed by atoms with E-state index in [0.717, 1.165) is 23.4 Å². The average molecular weight is 258 g/mol. The number of hydrogen-bond acceptors (Lipinski definition) is 1. The third-order valence-electron chi connectivity index (χ3n) is 3.38. The van der Waals surface area contributed by atoms with Crippen molar-refractivity contribution in [3.63, 3.8) is 0 Å². The molecule has 0 saturated carbocycles. The van der Waals surface area contributed by atoms with Crippen LogP contribution in [-0.2, 0) is 11.8 Å². The van der Waals surface area contributed by atoms with Gasteiger partial charge in [0.2, 0.25) is 0 Å². The molecule has 19 heavy (non-hydrogen) atoms. The first kappa shape index (κ1) is 13.7. The van der Waals surface area contributed by atoms with Crippen molar-refractivity contribution in [2.24, 2.45) is 0 Å². The molecular weight excluding hydrogens is 236 g/mol. The van der Waals surface area contributed by atoms with Gasteiger partial charge in [0.1, 0.15) is 0 Å². The Labute approximate surface area is 114 Å². The SMILES string of the molecule is CCc1c(C(C)(C)C)[nH]n(-c2ccc(C)cc2)c1=O. The fourth-order valence-electron chi connectivity index (χ4n) is 2.30. The van der Waals surface area contributed by atoms with Gasteiger partial charge in [-0.1, -0.05) is 45.4 Å². The summed E-state index contributed by atoms with van der Waals surface area (Å²) in [6.07, 6.45) is 0.751. The van der Waals surface area contributed by atoms with Gasteiger partial charge in [-0.3, -0.25) is 9.89 Å². The molecular formula is C16H22N2O. The molecule has 2 rings (SSSR count). The number of aromatic nitrogens is 2. The molecule has 1 aromatic carbocycles. The Morgan fingerprint density at radius 3 is 2.16 bits per heavy atom. The van der Waals surface area contributed by atoms with E-state index in [1.54, 1.807) is 4.68 Å². The van der Waals surface area contributed by atoms with Crippen LogP contribution in [0.4, 0.5) is 0 Å². The van der Waals surface area contributed by atoms with Gasteiger partial charge in [-0.2, -0.15) is 0 Å². The van der Waals surface area contributed by atoms with E-state index in [-0.39, 0.29) is 11.0 Å². The fourth-order valence-corrected chi connectivity index (χ4v) is 2.30. The van der Waals surface area contributed by atoms with Crippen LogP contribution < -0.4 is 5.56 Å². The predicted molar refractivity (Wildman–Crippen MR) is 79.2 cm³/mol. The molecule has 0 aliphatic heterocycles. The molecule has 0 aliphatic rings. The van der Waals surface area contributed by atoms with Crippen molar-refractivity contribution in [1.29, 1.82) is 0 Å². The minimum absolute atomic E-state index is 0.0551. The van der Waals surface area contributed by atoms with Gasteiger partial charge in [0.15, 0.2) is 0 Å². The molecule has 0 amide bonds. The zero-order valence-corrected chi connectivity index (χ0v) is 12.4. The maximum absolute atomic E-state index is 12.5. The van der Waals surface area contributed by atoms with Gasteiger partial charge in [-0.15, -0.1) is 0 Å². The number of rotatable bonds is 2. The van der Waals surface area contributed by atoms with Gasteiger partial charge < -0.3 is 0 Å². The molecule has 0 saturated heterocycles. The summed E-state index contributed by atoms with van der Waals surface area (Å²) in [6, 6.07) is 7.98. The van der Waals surface area contributed by atoms with Crippen LogP contribution in [-0.4, -0.2) is 9.78 Å². The lowest BCUT2D eigenvalue weighted by Gasteiger charge is -2.17. The van der Waals surface area contributed by atoms with Gasteiger partial charge in [0, 0.05) is 16.7 Å². The Morgan fingerprint density at radius 1 is 1.16 bits per heavy atom. The number of H-pyrrole nitrogens is 1. The van der Waals surface area contributed by atoms with E-state index in [4.69, 9.17) is 0 Å². The molecule has 1 aromatic heterocycles. The van der Waals surface area contributed by atoms with Crippen LogP contribution in [0, 0.1) is 6.92 Å². The fraction of sp³-hybridized carbons (Fsp3) is 0.438. The first-order valence-electron chi connectivity index (χ1n) is 6.76. The molecule has 2 aromatic rings. The number of nitrogens with one attached hydrogen (secondary N) is 1. The van der Waals surface area contributed by atoms with Crippen LogP contribution in [0.2, 0.25) is 0 Å². The molecule has 0 spiro atoms. The van der Waals surface area contributed by atoms with Gasteiger partial charge in [-0.25, -0.2) is 4.68 Å². The Balaban J connectivity index is 2.63. The maximum Gasteiger partial charge on any atom is 0.274 e. The van der Waals surface area contributed by atoms with Crippen molar-refractivity contribution in [2.75, 3.05) is 0 Å². The van der Waals surface area contributed by atoms with Crippen molar-refractivity contribution < 1.29 is 0 Å². The monoisotopic (exact) mass is 258 g/mol. The Hall–Kier alpha value is -1.77.